The van der Waals surface area contributed by atoms with Gasteiger partial charge in [0.2, 0.25) is 0 Å². The zero-order valence-electron chi connectivity index (χ0n) is 6.87. The molecule has 0 saturated heterocycles. The predicted octanol–water partition coefficient (Wildman–Crippen LogP) is 0.789. The summed E-state index contributed by atoms with van der Waals surface area (Å²) in [4.78, 5) is 0. The lowest BCUT2D eigenvalue weighted by Gasteiger charge is -2.19. The summed E-state index contributed by atoms with van der Waals surface area (Å²) in [6.45, 7) is 2.34. The summed E-state index contributed by atoms with van der Waals surface area (Å²) >= 11 is 0. The van der Waals surface area contributed by atoms with Crippen LogP contribution in [-0.4, -0.2) is 24.9 Å². The first-order valence-corrected chi connectivity index (χ1v) is 3.67. The van der Waals surface area contributed by atoms with Gasteiger partial charge in [-0.3, -0.25) is 0 Å². The van der Waals surface area contributed by atoms with Crippen molar-refractivity contribution >= 4 is 0 Å². The standard InChI is InChI=1S/C9H13O2/c1-7(10)9-5-3-4-8(9)6-11-2/h3-5,7,10H,6H2,1-2H3/t7-/m0/s1. The molecule has 0 spiro atoms. The molecule has 0 bridgehead atoms. The SMILES string of the molecule is COC[C]1[CH][CH][CH][C]1[C@H](C)O. The Bertz CT molecular complexity index is 112. The maximum Gasteiger partial charge on any atom is 0.0584 e. The van der Waals surface area contributed by atoms with Crippen LogP contribution in [0.15, 0.2) is 0 Å². The van der Waals surface area contributed by atoms with E-state index in [2.05, 4.69) is 0 Å². The van der Waals surface area contributed by atoms with Crippen LogP contribution >= 0.6 is 0 Å². The van der Waals surface area contributed by atoms with E-state index >= 15 is 0 Å². The molecule has 1 aliphatic rings. The second kappa shape index (κ2) is 4.07. The second-order valence-electron chi connectivity index (χ2n) is 2.62. The van der Waals surface area contributed by atoms with Crippen LogP contribution in [0.3, 0.4) is 0 Å². The highest BCUT2D eigenvalue weighted by Crippen LogP contribution is 2.35. The fourth-order valence-electron chi connectivity index (χ4n) is 1.17. The van der Waals surface area contributed by atoms with Gasteiger partial charge in [-0.2, -0.15) is 0 Å². The molecule has 0 amide bonds. The molecule has 0 unspecified atom stereocenters. The van der Waals surface area contributed by atoms with E-state index in [1.807, 2.05) is 19.3 Å². The molecule has 1 atom stereocenters. The van der Waals surface area contributed by atoms with Gasteiger partial charge < -0.3 is 9.84 Å². The van der Waals surface area contributed by atoms with Crippen LogP contribution in [0, 0.1) is 31.1 Å². The average molecular weight is 153 g/mol. The topological polar surface area (TPSA) is 29.5 Å². The number of aliphatic hydroxyl groups excluding tert-OH is 1. The lowest BCUT2D eigenvalue weighted by molar-refractivity contribution is 0.185. The lowest BCUT2D eigenvalue weighted by atomic mass is 9.92. The van der Waals surface area contributed by atoms with E-state index in [-0.39, 0.29) is 0 Å². The Morgan fingerprint density at radius 2 is 2.27 bits per heavy atom. The number of rotatable bonds is 3. The molecule has 1 aliphatic carbocycles. The van der Waals surface area contributed by atoms with E-state index in [0.717, 1.165) is 11.8 Å². The van der Waals surface area contributed by atoms with Gasteiger partial charge in [0.15, 0.2) is 0 Å². The molecule has 0 aromatic heterocycles. The van der Waals surface area contributed by atoms with Crippen molar-refractivity contribution in [3.8, 4) is 0 Å². The van der Waals surface area contributed by atoms with Gasteiger partial charge in [0.05, 0.1) is 12.7 Å². The summed E-state index contributed by atoms with van der Waals surface area (Å²) < 4.78 is 4.97. The number of hydrogen-bond donors (Lipinski definition) is 1. The molecule has 5 radical (unpaired) electrons. The Hall–Kier alpha value is -0.0800. The van der Waals surface area contributed by atoms with Crippen molar-refractivity contribution in [3.05, 3.63) is 31.1 Å². The fourth-order valence-corrected chi connectivity index (χ4v) is 1.17. The molecule has 61 valence electrons. The zero-order chi connectivity index (χ0) is 8.27. The van der Waals surface area contributed by atoms with Crippen LogP contribution in [0.1, 0.15) is 6.92 Å². The van der Waals surface area contributed by atoms with Crippen LogP contribution in [-0.2, 0) is 4.74 Å². The molecule has 1 saturated carbocycles. The number of aliphatic hydroxyl groups is 1. The van der Waals surface area contributed by atoms with Gasteiger partial charge in [-0.1, -0.05) is 0 Å². The van der Waals surface area contributed by atoms with Crippen LogP contribution in [0.5, 0.6) is 0 Å². The monoisotopic (exact) mass is 153 g/mol. The normalized spacial score (nSPS) is 24.3. The van der Waals surface area contributed by atoms with Gasteiger partial charge in [-0.05, 0) is 26.2 Å². The summed E-state index contributed by atoms with van der Waals surface area (Å²) in [7, 11) is 1.65. The third-order valence-electron chi connectivity index (χ3n) is 1.69. The largest absolute Gasteiger partial charge is 0.393 e. The van der Waals surface area contributed by atoms with Crippen molar-refractivity contribution < 1.29 is 9.84 Å². The molecule has 0 aromatic carbocycles. The van der Waals surface area contributed by atoms with Gasteiger partial charge >= 0.3 is 0 Å². The van der Waals surface area contributed by atoms with Crippen molar-refractivity contribution in [1.29, 1.82) is 0 Å². The molecule has 2 heteroatoms. The molecule has 1 rings (SSSR count). The van der Waals surface area contributed by atoms with Gasteiger partial charge in [0.25, 0.3) is 0 Å². The second-order valence-corrected chi connectivity index (χ2v) is 2.62. The highest BCUT2D eigenvalue weighted by molar-refractivity contribution is 5.45. The molecule has 2 nitrogen and oxygen atoms in total. The minimum absolute atomic E-state index is 0.393. The zero-order valence-corrected chi connectivity index (χ0v) is 6.87. The van der Waals surface area contributed by atoms with Crippen LogP contribution < -0.4 is 0 Å². The van der Waals surface area contributed by atoms with E-state index in [0.29, 0.717) is 6.61 Å². The van der Waals surface area contributed by atoms with Crippen LogP contribution in [0.25, 0.3) is 0 Å². The fraction of sp³-hybridized carbons (Fsp3) is 0.444. The first-order chi connectivity index (χ1) is 5.25. The quantitative estimate of drug-likeness (QED) is 0.649. The highest BCUT2D eigenvalue weighted by atomic mass is 16.5. The minimum Gasteiger partial charge on any atom is -0.393 e. The molecule has 1 fully saturated rings. The maximum atomic E-state index is 9.26. The van der Waals surface area contributed by atoms with E-state index in [1.165, 1.54) is 0 Å². The van der Waals surface area contributed by atoms with Crippen molar-refractivity contribution in [3.63, 3.8) is 0 Å². The summed E-state index contributed by atoms with van der Waals surface area (Å²) in [5, 5.41) is 9.26. The minimum atomic E-state index is -0.393. The third-order valence-corrected chi connectivity index (χ3v) is 1.69. The van der Waals surface area contributed by atoms with Crippen LogP contribution in [0.4, 0.5) is 0 Å². The Labute approximate surface area is 68.6 Å². The Morgan fingerprint density at radius 1 is 1.55 bits per heavy atom. The van der Waals surface area contributed by atoms with E-state index < -0.39 is 6.10 Å². The summed E-state index contributed by atoms with van der Waals surface area (Å²) in [5.74, 6) is 2.04. The smallest absolute Gasteiger partial charge is 0.0584 e. The molecule has 0 aromatic rings. The van der Waals surface area contributed by atoms with E-state index in [4.69, 9.17) is 4.74 Å². The number of ether oxygens (including phenoxy) is 1. The van der Waals surface area contributed by atoms with Crippen molar-refractivity contribution in [1.82, 2.24) is 0 Å². The maximum absolute atomic E-state index is 9.26. The van der Waals surface area contributed by atoms with Crippen molar-refractivity contribution in [2.45, 2.75) is 13.0 Å². The first-order valence-electron chi connectivity index (χ1n) is 3.67. The molecule has 11 heavy (non-hydrogen) atoms. The lowest BCUT2D eigenvalue weighted by Crippen LogP contribution is -2.20. The molecular formula is C9H13O2. The van der Waals surface area contributed by atoms with E-state index in [9.17, 15) is 5.11 Å². The molecular weight excluding hydrogens is 140 g/mol. The van der Waals surface area contributed by atoms with Crippen molar-refractivity contribution in [2.24, 2.45) is 0 Å². The Balaban J connectivity index is 2.37. The van der Waals surface area contributed by atoms with Gasteiger partial charge in [0, 0.05) is 18.9 Å². The highest BCUT2D eigenvalue weighted by Gasteiger charge is 2.32. The Morgan fingerprint density at radius 3 is 2.82 bits per heavy atom. The average Bonchev–Trinajstić information content (AvgIpc) is 2.36. The molecule has 1 N–H and O–H groups in total. The summed E-state index contributed by atoms with van der Waals surface area (Å²) in [6.07, 6.45) is 5.41. The van der Waals surface area contributed by atoms with Gasteiger partial charge in [0.1, 0.15) is 0 Å². The number of hydrogen-bond acceptors (Lipinski definition) is 2. The van der Waals surface area contributed by atoms with Crippen LogP contribution in [0.2, 0.25) is 0 Å². The summed E-state index contributed by atoms with van der Waals surface area (Å²) in [6, 6.07) is 0. The number of methoxy groups -OCH3 is 1. The van der Waals surface area contributed by atoms with E-state index in [1.54, 1.807) is 14.0 Å². The van der Waals surface area contributed by atoms with Crippen molar-refractivity contribution in [2.75, 3.05) is 13.7 Å². The predicted molar refractivity (Wildman–Crippen MR) is 42.9 cm³/mol. The Kier molecular flexibility index (Phi) is 3.34. The summed E-state index contributed by atoms with van der Waals surface area (Å²) in [5.41, 5.74) is 0. The first kappa shape index (κ1) is 9.01. The van der Waals surface area contributed by atoms with Gasteiger partial charge in [-0.15, -0.1) is 0 Å². The van der Waals surface area contributed by atoms with Gasteiger partial charge in [-0.25, -0.2) is 0 Å². The third kappa shape index (κ3) is 2.17. The molecule has 0 aliphatic heterocycles. The molecule has 0 heterocycles.